The smallest absolute Gasteiger partial charge is 0.266 e. The summed E-state index contributed by atoms with van der Waals surface area (Å²) >= 11 is 0. The van der Waals surface area contributed by atoms with Crippen LogP contribution in [0, 0.1) is 11.3 Å². The minimum absolute atomic E-state index is 0.0279. The predicted octanol–water partition coefficient (Wildman–Crippen LogP) is 4.07. The zero-order chi connectivity index (χ0) is 20.5. The second-order valence-electron chi connectivity index (χ2n) is 5.81. The molecule has 144 valence electrons. The number of aromatic hydroxyl groups is 1. The van der Waals surface area contributed by atoms with E-state index in [1.165, 1.54) is 6.08 Å². The van der Waals surface area contributed by atoms with Gasteiger partial charge in [0.05, 0.1) is 13.7 Å². The number of rotatable bonds is 8. The lowest BCUT2D eigenvalue weighted by Crippen LogP contribution is -2.13. The first-order valence-corrected chi connectivity index (χ1v) is 8.69. The standard InChI is InChI=1S/C22H22N2O4/c1-4-6-16-11-15(13-20(21(16)25)28-5-2)12-17(14-23)22(26)24-18-7-9-19(27-3)10-8-18/h4,7-13,25H,1,5-6H2,2-3H3,(H,24,26)/b17-12+. The molecule has 0 bridgehead atoms. The Balaban J connectivity index is 2.32. The number of methoxy groups -OCH3 is 1. The molecule has 0 saturated heterocycles. The van der Waals surface area contributed by atoms with Crippen molar-refractivity contribution in [3.8, 4) is 23.3 Å². The molecule has 0 atom stereocenters. The molecule has 0 aromatic heterocycles. The number of benzene rings is 2. The Morgan fingerprint density at radius 3 is 2.61 bits per heavy atom. The molecule has 0 aliphatic rings. The van der Waals surface area contributed by atoms with E-state index in [4.69, 9.17) is 9.47 Å². The van der Waals surface area contributed by atoms with Crippen LogP contribution in [0.5, 0.6) is 17.2 Å². The summed E-state index contributed by atoms with van der Waals surface area (Å²) in [5.41, 5.74) is 1.63. The number of hydrogen-bond donors (Lipinski definition) is 2. The van der Waals surface area contributed by atoms with Gasteiger partial charge in [-0.1, -0.05) is 6.08 Å². The summed E-state index contributed by atoms with van der Waals surface area (Å²) in [6.45, 7) is 5.85. The zero-order valence-electron chi connectivity index (χ0n) is 15.9. The molecule has 2 N–H and O–H groups in total. The maximum atomic E-state index is 12.5. The fourth-order valence-corrected chi connectivity index (χ4v) is 2.54. The zero-order valence-corrected chi connectivity index (χ0v) is 15.9. The SMILES string of the molecule is C=CCc1cc(/C=C(\C#N)C(=O)Nc2ccc(OC)cc2)cc(OCC)c1O. The number of phenolic OH excluding ortho intramolecular Hbond substituents is 1. The van der Waals surface area contributed by atoms with Crippen LogP contribution < -0.4 is 14.8 Å². The van der Waals surface area contributed by atoms with E-state index in [0.29, 0.717) is 41.3 Å². The molecule has 2 aromatic rings. The van der Waals surface area contributed by atoms with Crippen LogP contribution in [0.3, 0.4) is 0 Å². The first kappa shape index (κ1) is 20.6. The number of hydrogen-bond acceptors (Lipinski definition) is 5. The molecular weight excluding hydrogens is 356 g/mol. The maximum absolute atomic E-state index is 12.5. The fourth-order valence-electron chi connectivity index (χ4n) is 2.54. The molecule has 2 rings (SSSR count). The second-order valence-corrected chi connectivity index (χ2v) is 5.81. The van der Waals surface area contributed by atoms with Crippen molar-refractivity contribution in [1.82, 2.24) is 0 Å². The summed E-state index contributed by atoms with van der Waals surface area (Å²) < 4.78 is 10.5. The van der Waals surface area contributed by atoms with Gasteiger partial charge in [0.2, 0.25) is 0 Å². The number of nitrogens with zero attached hydrogens (tertiary/aromatic N) is 1. The number of phenols is 1. The van der Waals surface area contributed by atoms with Crippen molar-refractivity contribution in [2.24, 2.45) is 0 Å². The molecule has 0 saturated carbocycles. The summed E-state index contributed by atoms with van der Waals surface area (Å²) in [7, 11) is 1.55. The van der Waals surface area contributed by atoms with E-state index < -0.39 is 5.91 Å². The topological polar surface area (TPSA) is 91.6 Å². The van der Waals surface area contributed by atoms with E-state index in [9.17, 15) is 15.2 Å². The van der Waals surface area contributed by atoms with Crippen LogP contribution in [0.25, 0.3) is 6.08 Å². The van der Waals surface area contributed by atoms with Crippen molar-refractivity contribution in [2.45, 2.75) is 13.3 Å². The lowest BCUT2D eigenvalue weighted by molar-refractivity contribution is -0.112. The minimum atomic E-state index is -0.538. The van der Waals surface area contributed by atoms with E-state index in [2.05, 4.69) is 11.9 Å². The number of carbonyl (C=O) groups excluding carboxylic acids is 1. The first-order chi connectivity index (χ1) is 13.5. The number of allylic oxidation sites excluding steroid dienone is 1. The summed E-state index contributed by atoms with van der Waals surface area (Å²) in [6, 6.07) is 12.0. The van der Waals surface area contributed by atoms with Gasteiger partial charge in [-0.15, -0.1) is 6.58 Å². The first-order valence-electron chi connectivity index (χ1n) is 8.69. The van der Waals surface area contributed by atoms with Gasteiger partial charge in [0.1, 0.15) is 17.4 Å². The summed E-state index contributed by atoms with van der Waals surface area (Å²) in [5.74, 6) is 0.446. The van der Waals surface area contributed by atoms with Crippen LogP contribution in [0.15, 0.2) is 54.6 Å². The van der Waals surface area contributed by atoms with Gasteiger partial charge in [0.25, 0.3) is 5.91 Å². The Kier molecular flexibility index (Phi) is 7.23. The van der Waals surface area contributed by atoms with Crippen molar-refractivity contribution in [1.29, 1.82) is 5.26 Å². The Hall–Kier alpha value is -3.72. The third kappa shape index (κ3) is 5.15. The second kappa shape index (κ2) is 9.83. The van der Waals surface area contributed by atoms with Gasteiger partial charge in [-0.25, -0.2) is 0 Å². The molecule has 2 aromatic carbocycles. The summed E-state index contributed by atoms with van der Waals surface area (Å²) in [4.78, 5) is 12.5. The predicted molar refractivity (Wildman–Crippen MR) is 108 cm³/mol. The number of amides is 1. The molecule has 0 heterocycles. The van der Waals surface area contributed by atoms with Crippen LogP contribution in [-0.4, -0.2) is 24.7 Å². The van der Waals surface area contributed by atoms with Gasteiger partial charge in [0, 0.05) is 11.3 Å². The average molecular weight is 378 g/mol. The molecule has 0 unspecified atom stereocenters. The highest BCUT2D eigenvalue weighted by Crippen LogP contribution is 2.33. The van der Waals surface area contributed by atoms with E-state index >= 15 is 0 Å². The van der Waals surface area contributed by atoms with Crippen molar-refractivity contribution < 1.29 is 19.4 Å². The third-order valence-corrected chi connectivity index (χ3v) is 3.86. The van der Waals surface area contributed by atoms with Gasteiger partial charge in [-0.05, 0) is 61.4 Å². The fraction of sp³-hybridized carbons (Fsp3) is 0.182. The van der Waals surface area contributed by atoms with Crippen molar-refractivity contribution >= 4 is 17.7 Å². The summed E-state index contributed by atoms with van der Waals surface area (Å²) in [5, 5.41) is 22.4. The highest BCUT2D eigenvalue weighted by molar-refractivity contribution is 6.09. The van der Waals surface area contributed by atoms with E-state index in [1.54, 1.807) is 56.5 Å². The normalized spacial score (nSPS) is 10.7. The van der Waals surface area contributed by atoms with Gasteiger partial charge in [-0.2, -0.15) is 5.26 Å². The number of nitriles is 1. The third-order valence-electron chi connectivity index (χ3n) is 3.86. The van der Waals surface area contributed by atoms with Gasteiger partial charge >= 0.3 is 0 Å². The molecular formula is C22H22N2O4. The van der Waals surface area contributed by atoms with Gasteiger partial charge < -0.3 is 19.9 Å². The van der Waals surface area contributed by atoms with Crippen molar-refractivity contribution in [2.75, 3.05) is 19.0 Å². The van der Waals surface area contributed by atoms with Crippen LogP contribution in [0.4, 0.5) is 5.69 Å². The Morgan fingerprint density at radius 2 is 2.04 bits per heavy atom. The molecule has 0 aliphatic carbocycles. The lowest BCUT2D eigenvalue weighted by atomic mass is 10.0. The minimum Gasteiger partial charge on any atom is -0.504 e. The van der Waals surface area contributed by atoms with Crippen LogP contribution in [0.2, 0.25) is 0 Å². The van der Waals surface area contributed by atoms with Crippen LogP contribution in [0.1, 0.15) is 18.1 Å². The van der Waals surface area contributed by atoms with Crippen molar-refractivity contribution in [3.63, 3.8) is 0 Å². The maximum Gasteiger partial charge on any atom is 0.266 e. The molecule has 0 radical (unpaired) electrons. The number of anilines is 1. The van der Waals surface area contributed by atoms with E-state index in [1.807, 2.05) is 6.07 Å². The highest BCUT2D eigenvalue weighted by Gasteiger charge is 2.13. The molecule has 0 fully saturated rings. The summed E-state index contributed by atoms with van der Waals surface area (Å²) in [6.07, 6.45) is 3.53. The number of ether oxygens (including phenoxy) is 2. The van der Waals surface area contributed by atoms with E-state index in [0.717, 1.165) is 0 Å². The average Bonchev–Trinajstić information content (AvgIpc) is 2.70. The highest BCUT2D eigenvalue weighted by atomic mass is 16.5. The van der Waals surface area contributed by atoms with E-state index in [-0.39, 0.29) is 11.3 Å². The molecule has 28 heavy (non-hydrogen) atoms. The Bertz CT molecular complexity index is 925. The van der Waals surface area contributed by atoms with Crippen LogP contribution >= 0.6 is 0 Å². The molecule has 0 spiro atoms. The molecule has 6 heteroatoms. The Labute approximate surface area is 164 Å². The molecule has 0 aliphatic heterocycles. The number of nitrogens with one attached hydrogen (secondary N) is 1. The Morgan fingerprint density at radius 1 is 1.32 bits per heavy atom. The van der Waals surface area contributed by atoms with Crippen molar-refractivity contribution in [3.05, 3.63) is 65.8 Å². The quantitative estimate of drug-likeness (QED) is 0.410. The number of carbonyl (C=O) groups is 1. The van der Waals surface area contributed by atoms with Gasteiger partial charge in [0.15, 0.2) is 11.5 Å². The lowest BCUT2D eigenvalue weighted by Gasteiger charge is -2.11. The molecule has 6 nitrogen and oxygen atoms in total. The monoisotopic (exact) mass is 378 g/mol. The van der Waals surface area contributed by atoms with Gasteiger partial charge in [-0.3, -0.25) is 4.79 Å². The van der Waals surface area contributed by atoms with Crippen LogP contribution in [-0.2, 0) is 11.2 Å². The molecule has 1 amide bonds. The largest absolute Gasteiger partial charge is 0.504 e.